The maximum atomic E-state index is 12.5. The normalized spacial score (nSPS) is 14.3. The lowest BCUT2D eigenvalue weighted by Gasteiger charge is -2.37. The number of carbonyl (C=O) groups is 1. The molecule has 6 heteroatoms. The molecule has 4 nitrogen and oxygen atoms in total. The number of anilines is 1. The largest absolute Gasteiger partial charge is 0.494 e. The molecule has 0 aromatic heterocycles. The molecule has 144 valence electrons. The zero-order chi connectivity index (χ0) is 19.2. The van der Waals surface area contributed by atoms with Crippen molar-refractivity contribution in [3.8, 4) is 5.75 Å². The number of piperazine rings is 1. The molecular weight excluding hydrogens is 380 g/mol. The van der Waals surface area contributed by atoms with E-state index in [9.17, 15) is 4.79 Å². The lowest BCUT2D eigenvalue weighted by molar-refractivity contribution is -0.128. The van der Waals surface area contributed by atoms with Gasteiger partial charge in [-0.05, 0) is 55.8 Å². The summed E-state index contributed by atoms with van der Waals surface area (Å²) in [5.41, 5.74) is 2.38. The Labute approximate surface area is 170 Å². The molecule has 27 heavy (non-hydrogen) atoms. The van der Waals surface area contributed by atoms with E-state index in [4.69, 9.17) is 16.3 Å². The highest BCUT2D eigenvalue weighted by Gasteiger charge is 2.22. The van der Waals surface area contributed by atoms with Crippen molar-refractivity contribution in [1.82, 2.24) is 4.90 Å². The van der Waals surface area contributed by atoms with Gasteiger partial charge in [-0.25, -0.2) is 0 Å². The summed E-state index contributed by atoms with van der Waals surface area (Å²) in [6.07, 6.45) is 0. The molecule has 0 aliphatic carbocycles. The number of hydrogen-bond donors (Lipinski definition) is 0. The number of ether oxygens (including phenoxy) is 1. The number of thioether (sulfide) groups is 1. The molecule has 1 aliphatic heterocycles. The molecule has 0 spiro atoms. The Kier molecular flexibility index (Phi) is 6.91. The molecule has 0 unspecified atom stereocenters. The van der Waals surface area contributed by atoms with E-state index in [2.05, 4.69) is 11.8 Å². The number of hydrogen-bond acceptors (Lipinski definition) is 4. The van der Waals surface area contributed by atoms with Crippen molar-refractivity contribution < 1.29 is 9.53 Å². The van der Waals surface area contributed by atoms with Crippen LogP contribution in [-0.2, 0) is 4.79 Å². The van der Waals surface area contributed by atoms with E-state index >= 15 is 0 Å². The number of rotatable bonds is 6. The van der Waals surface area contributed by atoms with Gasteiger partial charge in [-0.3, -0.25) is 4.79 Å². The van der Waals surface area contributed by atoms with Gasteiger partial charge in [0.15, 0.2) is 0 Å². The van der Waals surface area contributed by atoms with Crippen molar-refractivity contribution in [2.45, 2.75) is 18.7 Å². The number of benzene rings is 2. The summed E-state index contributed by atoms with van der Waals surface area (Å²) in [6, 6.07) is 13.9. The number of nitrogens with zero attached hydrogens (tertiary/aromatic N) is 2. The van der Waals surface area contributed by atoms with Crippen LogP contribution in [0.15, 0.2) is 47.4 Å². The predicted octanol–water partition coefficient (Wildman–Crippen LogP) is 4.49. The zero-order valence-corrected chi connectivity index (χ0v) is 17.4. The topological polar surface area (TPSA) is 32.8 Å². The maximum absolute atomic E-state index is 12.5. The first-order valence-corrected chi connectivity index (χ1v) is 10.6. The van der Waals surface area contributed by atoms with Crippen LogP contribution in [0.5, 0.6) is 5.75 Å². The second-order valence-corrected chi connectivity index (χ2v) is 7.98. The third-order valence-electron chi connectivity index (χ3n) is 4.64. The summed E-state index contributed by atoms with van der Waals surface area (Å²) in [5.74, 6) is 1.52. The molecule has 2 aromatic carbocycles. The molecule has 1 aliphatic rings. The summed E-state index contributed by atoms with van der Waals surface area (Å²) in [4.78, 5) is 17.9. The van der Waals surface area contributed by atoms with E-state index in [-0.39, 0.29) is 5.91 Å². The Balaban J connectivity index is 1.49. The minimum atomic E-state index is 0.191. The molecule has 1 saturated heterocycles. The summed E-state index contributed by atoms with van der Waals surface area (Å²) in [5, 5.41) is 0.751. The molecular formula is C21H25ClN2O2S. The molecule has 0 saturated carbocycles. The summed E-state index contributed by atoms with van der Waals surface area (Å²) < 4.78 is 5.45. The van der Waals surface area contributed by atoms with Crippen molar-refractivity contribution in [1.29, 1.82) is 0 Å². The first-order valence-electron chi connectivity index (χ1n) is 9.21. The quantitative estimate of drug-likeness (QED) is 0.664. The average molecular weight is 405 g/mol. The highest BCUT2D eigenvalue weighted by atomic mass is 35.5. The van der Waals surface area contributed by atoms with Gasteiger partial charge in [0, 0.05) is 41.8 Å². The van der Waals surface area contributed by atoms with Crippen molar-refractivity contribution in [2.75, 3.05) is 43.4 Å². The smallest absolute Gasteiger partial charge is 0.233 e. The fourth-order valence-electron chi connectivity index (χ4n) is 3.16. The second kappa shape index (κ2) is 9.38. The molecule has 0 N–H and O–H groups in total. The first-order chi connectivity index (χ1) is 13.1. The molecule has 3 rings (SSSR count). The third kappa shape index (κ3) is 5.33. The summed E-state index contributed by atoms with van der Waals surface area (Å²) in [7, 11) is 0. The van der Waals surface area contributed by atoms with Crippen LogP contribution in [0.4, 0.5) is 5.69 Å². The third-order valence-corrected chi connectivity index (χ3v) is 5.87. The van der Waals surface area contributed by atoms with Crippen LogP contribution >= 0.6 is 23.4 Å². The van der Waals surface area contributed by atoms with Gasteiger partial charge in [0.2, 0.25) is 5.91 Å². The summed E-state index contributed by atoms with van der Waals surface area (Å²) in [6.45, 7) is 7.88. The van der Waals surface area contributed by atoms with Gasteiger partial charge in [0.05, 0.1) is 12.4 Å². The summed E-state index contributed by atoms with van der Waals surface area (Å²) >= 11 is 7.71. The first kappa shape index (κ1) is 19.9. The van der Waals surface area contributed by atoms with Crippen LogP contribution in [0, 0.1) is 6.92 Å². The number of amides is 1. The van der Waals surface area contributed by atoms with Gasteiger partial charge < -0.3 is 14.5 Å². The van der Waals surface area contributed by atoms with E-state index < -0.39 is 0 Å². The van der Waals surface area contributed by atoms with Gasteiger partial charge in [-0.2, -0.15) is 0 Å². The molecule has 0 radical (unpaired) electrons. The van der Waals surface area contributed by atoms with Crippen molar-refractivity contribution >= 4 is 35.0 Å². The Morgan fingerprint density at radius 2 is 1.81 bits per heavy atom. The van der Waals surface area contributed by atoms with Crippen molar-refractivity contribution in [3.63, 3.8) is 0 Å². The monoisotopic (exact) mass is 404 g/mol. The molecule has 2 aromatic rings. The predicted molar refractivity (Wildman–Crippen MR) is 113 cm³/mol. The van der Waals surface area contributed by atoms with Crippen LogP contribution in [0.3, 0.4) is 0 Å². The second-order valence-electron chi connectivity index (χ2n) is 6.49. The molecule has 1 heterocycles. The standard InChI is InChI=1S/C21H25ClN2O2S/c1-3-26-18-6-8-19(9-7-18)27-15-21(25)24-12-10-23(11-13-24)20-14-17(22)5-4-16(20)2/h4-9,14H,3,10-13,15H2,1-2H3. The van der Waals surface area contributed by atoms with E-state index in [1.54, 1.807) is 11.8 Å². The highest BCUT2D eigenvalue weighted by molar-refractivity contribution is 8.00. The number of carbonyl (C=O) groups excluding carboxylic acids is 1. The molecule has 1 amide bonds. The molecule has 0 atom stereocenters. The van der Waals surface area contributed by atoms with E-state index in [0.717, 1.165) is 41.8 Å². The van der Waals surface area contributed by atoms with Gasteiger partial charge in [-0.1, -0.05) is 17.7 Å². The van der Waals surface area contributed by atoms with E-state index in [0.29, 0.717) is 12.4 Å². The fourth-order valence-corrected chi connectivity index (χ4v) is 4.12. The minimum Gasteiger partial charge on any atom is -0.494 e. The average Bonchev–Trinajstić information content (AvgIpc) is 2.69. The Morgan fingerprint density at radius 3 is 2.48 bits per heavy atom. The van der Waals surface area contributed by atoms with Crippen LogP contribution in [0.2, 0.25) is 5.02 Å². The van der Waals surface area contributed by atoms with Gasteiger partial charge in [0.25, 0.3) is 0 Å². The Bertz CT molecular complexity index is 774. The van der Waals surface area contributed by atoms with Gasteiger partial charge in [-0.15, -0.1) is 11.8 Å². The Morgan fingerprint density at radius 1 is 1.11 bits per heavy atom. The Hall–Kier alpha value is -1.85. The SMILES string of the molecule is CCOc1ccc(SCC(=O)N2CCN(c3cc(Cl)ccc3C)CC2)cc1. The lowest BCUT2D eigenvalue weighted by atomic mass is 10.1. The van der Waals surface area contributed by atoms with Crippen molar-refractivity contribution in [2.24, 2.45) is 0 Å². The zero-order valence-electron chi connectivity index (χ0n) is 15.8. The van der Waals surface area contributed by atoms with Crippen molar-refractivity contribution in [3.05, 3.63) is 53.1 Å². The molecule has 1 fully saturated rings. The lowest BCUT2D eigenvalue weighted by Crippen LogP contribution is -2.49. The van der Waals surface area contributed by atoms with Crippen LogP contribution in [0.25, 0.3) is 0 Å². The number of halogens is 1. The number of aryl methyl sites for hydroxylation is 1. The van der Waals surface area contributed by atoms with Crippen LogP contribution in [0.1, 0.15) is 12.5 Å². The van der Waals surface area contributed by atoms with Crippen LogP contribution < -0.4 is 9.64 Å². The van der Waals surface area contributed by atoms with E-state index in [1.165, 1.54) is 11.3 Å². The van der Waals surface area contributed by atoms with Crippen LogP contribution in [-0.4, -0.2) is 49.3 Å². The highest BCUT2D eigenvalue weighted by Crippen LogP contribution is 2.26. The minimum absolute atomic E-state index is 0.191. The van der Waals surface area contributed by atoms with E-state index in [1.807, 2.05) is 54.3 Å². The van der Waals surface area contributed by atoms with Gasteiger partial charge in [0.1, 0.15) is 5.75 Å². The van der Waals surface area contributed by atoms with Gasteiger partial charge >= 0.3 is 0 Å². The fraction of sp³-hybridized carbons (Fsp3) is 0.381. The maximum Gasteiger partial charge on any atom is 0.233 e. The molecule has 0 bridgehead atoms.